The van der Waals surface area contributed by atoms with Crippen molar-refractivity contribution in [2.45, 2.75) is 0 Å². The van der Waals surface area contributed by atoms with Gasteiger partial charge in [0.1, 0.15) is 5.01 Å². The van der Waals surface area contributed by atoms with Gasteiger partial charge in [-0.3, -0.25) is 4.31 Å². The van der Waals surface area contributed by atoms with E-state index in [1.54, 1.807) is 30.5 Å². The van der Waals surface area contributed by atoms with Gasteiger partial charge in [-0.25, -0.2) is 13.4 Å². The van der Waals surface area contributed by atoms with Gasteiger partial charge in [0.25, 0.3) is 0 Å². The van der Waals surface area contributed by atoms with Crippen molar-refractivity contribution >= 4 is 32.7 Å². The smallest absolute Gasteiger partial charge is 0.231 e. The van der Waals surface area contributed by atoms with Crippen LogP contribution in [0.5, 0.6) is 0 Å². The normalized spacial score (nSPS) is 11.4. The molecule has 0 N–H and O–H groups in total. The van der Waals surface area contributed by atoms with Gasteiger partial charge in [-0.05, 0) is 36.4 Å². The molecule has 5 nitrogen and oxygen atoms in total. The van der Waals surface area contributed by atoms with Crippen molar-refractivity contribution < 1.29 is 8.42 Å². The maximum Gasteiger partial charge on any atom is 0.231 e. The number of anilines is 2. The second-order valence-corrected chi connectivity index (χ2v) is 9.13. The first kappa shape index (κ1) is 18.4. The van der Waals surface area contributed by atoms with Crippen LogP contribution in [0.1, 0.15) is 0 Å². The summed E-state index contributed by atoms with van der Waals surface area (Å²) in [5, 5.41) is 2.98. The van der Waals surface area contributed by atoms with Gasteiger partial charge >= 0.3 is 0 Å². The van der Waals surface area contributed by atoms with E-state index in [0.717, 1.165) is 27.5 Å². The van der Waals surface area contributed by atoms with Crippen molar-refractivity contribution in [2.24, 2.45) is 0 Å². The third-order valence-corrected chi connectivity index (χ3v) is 6.26. The molecular weight excluding hydrogens is 366 g/mol. The molecule has 3 aromatic rings. The van der Waals surface area contributed by atoms with E-state index in [-0.39, 0.29) is 0 Å². The summed E-state index contributed by atoms with van der Waals surface area (Å²) in [5.41, 5.74) is 4.71. The van der Waals surface area contributed by atoms with Crippen LogP contribution in [0.15, 0.2) is 53.9 Å². The highest BCUT2D eigenvalue weighted by atomic mass is 32.2. The lowest BCUT2D eigenvalue weighted by molar-refractivity contribution is 0.600. The molecule has 136 valence electrons. The average Bonchev–Trinajstić information content (AvgIpc) is 3.10. The summed E-state index contributed by atoms with van der Waals surface area (Å²) in [4.78, 5) is 6.78. The minimum absolute atomic E-state index is 0.631. The summed E-state index contributed by atoms with van der Waals surface area (Å²) in [7, 11) is 2.32. The predicted octanol–water partition coefficient (Wildman–Crippen LogP) is 3.94. The van der Waals surface area contributed by atoms with Gasteiger partial charge in [-0.1, -0.05) is 12.1 Å². The van der Waals surface area contributed by atoms with Crippen molar-refractivity contribution in [2.75, 3.05) is 36.6 Å². The molecule has 1 heterocycles. The van der Waals surface area contributed by atoms with Crippen LogP contribution in [0.25, 0.3) is 21.8 Å². The van der Waals surface area contributed by atoms with Gasteiger partial charge < -0.3 is 4.90 Å². The van der Waals surface area contributed by atoms with Crippen molar-refractivity contribution in [1.82, 2.24) is 4.98 Å². The number of nitrogens with zero attached hydrogens (tertiary/aromatic N) is 3. The molecule has 0 unspecified atom stereocenters. The Morgan fingerprint density at radius 3 is 1.92 bits per heavy atom. The Hall–Kier alpha value is -2.38. The Balaban J connectivity index is 1.83. The SMILES string of the molecule is CN(C)c1ccc(-c2nc(-c3ccc(N(C)S(C)(=O)=O)cc3)cs2)cc1. The predicted molar refractivity (Wildman–Crippen MR) is 111 cm³/mol. The second-order valence-electron chi connectivity index (χ2n) is 6.26. The number of thiazole rings is 1. The van der Waals surface area contributed by atoms with Gasteiger partial charge in [0.2, 0.25) is 10.0 Å². The molecule has 1 aromatic heterocycles. The molecule has 0 spiro atoms. The number of hydrogen-bond acceptors (Lipinski definition) is 5. The number of rotatable bonds is 5. The Morgan fingerprint density at radius 1 is 0.846 bits per heavy atom. The van der Waals surface area contributed by atoms with Gasteiger partial charge in [0.15, 0.2) is 0 Å². The molecule has 0 aliphatic heterocycles. The van der Waals surface area contributed by atoms with Crippen molar-refractivity contribution in [3.63, 3.8) is 0 Å². The van der Waals surface area contributed by atoms with Gasteiger partial charge in [-0.2, -0.15) is 0 Å². The highest BCUT2D eigenvalue weighted by Crippen LogP contribution is 2.30. The molecule has 0 saturated carbocycles. The standard InChI is InChI=1S/C19H21N3O2S2/c1-21(2)16-9-7-15(8-10-16)19-20-18(13-25-19)14-5-11-17(12-6-14)22(3)26(4,23)24/h5-13H,1-4H3. The summed E-state index contributed by atoms with van der Waals surface area (Å²) >= 11 is 1.60. The number of hydrogen-bond donors (Lipinski definition) is 0. The molecule has 0 saturated heterocycles. The van der Waals surface area contributed by atoms with Crippen molar-refractivity contribution in [1.29, 1.82) is 0 Å². The fourth-order valence-corrected chi connectivity index (χ4v) is 3.81. The summed E-state index contributed by atoms with van der Waals surface area (Å²) in [5.74, 6) is 0. The first-order chi connectivity index (χ1) is 12.3. The van der Waals surface area contributed by atoms with Gasteiger partial charge in [0.05, 0.1) is 17.6 Å². The number of sulfonamides is 1. The highest BCUT2D eigenvalue weighted by molar-refractivity contribution is 7.92. The molecular formula is C19H21N3O2S2. The third kappa shape index (κ3) is 3.89. The van der Waals surface area contributed by atoms with Crippen LogP contribution in [0.4, 0.5) is 11.4 Å². The molecule has 0 bridgehead atoms. The maximum absolute atomic E-state index is 11.6. The van der Waals surface area contributed by atoms with E-state index < -0.39 is 10.0 Å². The first-order valence-corrected chi connectivity index (χ1v) is 10.8. The molecule has 7 heteroatoms. The quantitative estimate of drug-likeness (QED) is 0.665. The van der Waals surface area contributed by atoms with Crippen LogP contribution in [-0.2, 0) is 10.0 Å². The number of benzene rings is 2. The zero-order chi connectivity index (χ0) is 18.9. The maximum atomic E-state index is 11.6. The minimum atomic E-state index is -3.26. The Bertz CT molecular complexity index is 992. The fraction of sp³-hybridized carbons (Fsp3) is 0.211. The van der Waals surface area contributed by atoms with Crippen LogP contribution in [-0.4, -0.2) is 40.8 Å². The molecule has 0 fully saturated rings. The zero-order valence-corrected chi connectivity index (χ0v) is 16.8. The van der Waals surface area contributed by atoms with Gasteiger partial charge in [0, 0.05) is 43.3 Å². The molecule has 0 aliphatic carbocycles. The summed E-state index contributed by atoms with van der Waals surface area (Å²) in [6, 6.07) is 15.7. The fourth-order valence-electron chi connectivity index (χ4n) is 2.47. The zero-order valence-electron chi connectivity index (χ0n) is 15.2. The van der Waals surface area contributed by atoms with Crippen molar-refractivity contribution in [3.05, 3.63) is 53.9 Å². The van der Waals surface area contributed by atoms with E-state index in [0.29, 0.717) is 5.69 Å². The third-order valence-electron chi connectivity index (χ3n) is 4.16. The van der Waals surface area contributed by atoms with E-state index in [2.05, 4.69) is 29.2 Å². The average molecular weight is 388 g/mol. The largest absolute Gasteiger partial charge is 0.378 e. The van der Waals surface area contributed by atoms with Crippen LogP contribution >= 0.6 is 11.3 Å². The molecule has 26 heavy (non-hydrogen) atoms. The van der Waals surface area contributed by atoms with Crippen LogP contribution in [0.3, 0.4) is 0 Å². The summed E-state index contributed by atoms with van der Waals surface area (Å²) in [6.45, 7) is 0. The lowest BCUT2D eigenvalue weighted by atomic mass is 10.1. The Morgan fingerprint density at radius 2 is 1.38 bits per heavy atom. The topological polar surface area (TPSA) is 53.5 Å². The van der Waals surface area contributed by atoms with Crippen LogP contribution in [0.2, 0.25) is 0 Å². The van der Waals surface area contributed by atoms with Crippen LogP contribution < -0.4 is 9.21 Å². The summed E-state index contributed by atoms with van der Waals surface area (Å²) in [6.07, 6.45) is 1.19. The van der Waals surface area contributed by atoms with Crippen LogP contribution in [0, 0.1) is 0 Å². The molecule has 2 aromatic carbocycles. The Labute approximate surface area is 158 Å². The van der Waals surface area contributed by atoms with E-state index in [4.69, 9.17) is 4.98 Å². The van der Waals surface area contributed by atoms with E-state index in [9.17, 15) is 8.42 Å². The molecule has 0 amide bonds. The van der Waals surface area contributed by atoms with Gasteiger partial charge in [-0.15, -0.1) is 11.3 Å². The molecule has 0 atom stereocenters. The van der Waals surface area contributed by atoms with E-state index in [1.165, 1.54) is 10.6 Å². The number of aromatic nitrogens is 1. The summed E-state index contributed by atoms with van der Waals surface area (Å²) < 4.78 is 24.5. The highest BCUT2D eigenvalue weighted by Gasteiger charge is 2.12. The molecule has 3 rings (SSSR count). The van der Waals surface area contributed by atoms with Crippen molar-refractivity contribution in [3.8, 4) is 21.8 Å². The lowest BCUT2D eigenvalue weighted by Crippen LogP contribution is -2.24. The van der Waals surface area contributed by atoms with E-state index in [1.807, 2.05) is 31.6 Å². The lowest BCUT2D eigenvalue weighted by Gasteiger charge is -2.16. The second kappa shape index (κ2) is 7.09. The monoisotopic (exact) mass is 387 g/mol. The molecule has 0 aliphatic rings. The van der Waals surface area contributed by atoms with E-state index >= 15 is 0 Å². The first-order valence-electron chi connectivity index (χ1n) is 8.03. The Kier molecular flexibility index (Phi) is 5.02. The minimum Gasteiger partial charge on any atom is -0.378 e. The molecule has 0 radical (unpaired) electrons.